The summed E-state index contributed by atoms with van der Waals surface area (Å²) < 4.78 is 5.16. The standard InChI is InChI=1S/C10H12O2/c1-12-10-6-9(11)7-4-2-3-5-8(7)10/h2-3,6-8H,4-5H2,1H3. The van der Waals surface area contributed by atoms with Crippen molar-refractivity contribution in [3.05, 3.63) is 24.0 Å². The van der Waals surface area contributed by atoms with Gasteiger partial charge in [0.1, 0.15) is 5.76 Å². The van der Waals surface area contributed by atoms with E-state index in [4.69, 9.17) is 4.74 Å². The van der Waals surface area contributed by atoms with Gasteiger partial charge in [0.25, 0.3) is 0 Å². The molecule has 0 spiro atoms. The smallest absolute Gasteiger partial charge is 0.163 e. The van der Waals surface area contributed by atoms with Crippen molar-refractivity contribution in [2.75, 3.05) is 7.11 Å². The second-order valence-electron chi connectivity index (χ2n) is 3.31. The fourth-order valence-electron chi connectivity index (χ4n) is 2.01. The minimum Gasteiger partial charge on any atom is -0.501 e. The molecule has 2 aliphatic carbocycles. The van der Waals surface area contributed by atoms with Crippen molar-refractivity contribution in [1.82, 2.24) is 0 Å². The molecule has 0 radical (unpaired) electrons. The van der Waals surface area contributed by atoms with Gasteiger partial charge in [0.2, 0.25) is 0 Å². The van der Waals surface area contributed by atoms with Crippen molar-refractivity contribution in [2.45, 2.75) is 12.8 Å². The molecule has 2 nitrogen and oxygen atoms in total. The van der Waals surface area contributed by atoms with Crippen molar-refractivity contribution in [2.24, 2.45) is 11.8 Å². The van der Waals surface area contributed by atoms with Crippen LogP contribution in [0.2, 0.25) is 0 Å². The van der Waals surface area contributed by atoms with E-state index in [-0.39, 0.29) is 11.7 Å². The van der Waals surface area contributed by atoms with Crippen LogP contribution in [-0.4, -0.2) is 12.9 Å². The average molecular weight is 164 g/mol. The van der Waals surface area contributed by atoms with E-state index in [2.05, 4.69) is 12.2 Å². The Morgan fingerprint density at radius 1 is 1.33 bits per heavy atom. The number of rotatable bonds is 1. The first kappa shape index (κ1) is 7.59. The number of methoxy groups -OCH3 is 1. The lowest BCUT2D eigenvalue weighted by Gasteiger charge is -2.21. The van der Waals surface area contributed by atoms with Crippen molar-refractivity contribution in [1.29, 1.82) is 0 Å². The molecule has 0 saturated carbocycles. The zero-order valence-electron chi connectivity index (χ0n) is 7.12. The fraction of sp³-hybridized carbons (Fsp3) is 0.500. The fourth-order valence-corrected chi connectivity index (χ4v) is 2.01. The summed E-state index contributed by atoms with van der Waals surface area (Å²) in [4.78, 5) is 11.4. The van der Waals surface area contributed by atoms with Gasteiger partial charge in [0.15, 0.2) is 5.78 Å². The van der Waals surface area contributed by atoms with Crippen LogP contribution in [0, 0.1) is 11.8 Å². The molecule has 0 aromatic rings. The number of carbonyl (C=O) groups is 1. The zero-order chi connectivity index (χ0) is 8.55. The molecule has 2 atom stereocenters. The van der Waals surface area contributed by atoms with Gasteiger partial charge in [0, 0.05) is 17.9 Å². The molecule has 0 bridgehead atoms. The molecule has 64 valence electrons. The van der Waals surface area contributed by atoms with E-state index in [1.807, 2.05) is 0 Å². The number of hydrogen-bond acceptors (Lipinski definition) is 2. The highest BCUT2D eigenvalue weighted by Gasteiger charge is 2.36. The highest BCUT2D eigenvalue weighted by Crippen LogP contribution is 2.37. The Morgan fingerprint density at radius 3 is 2.67 bits per heavy atom. The van der Waals surface area contributed by atoms with Gasteiger partial charge in [-0.05, 0) is 12.8 Å². The van der Waals surface area contributed by atoms with Gasteiger partial charge >= 0.3 is 0 Å². The first-order valence-electron chi connectivity index (χ1n) is 4.27. The van der Waals surface area contributed by atoms with Crippen LogP contribution < -0.4 is 0 Å². The summed E-state index contributed by atoms with van der Waals surface area (Å²) in [6.45, 7) is 0. The number of carbonyl (C=O) groups excluding carboxylic acids is 1. The van der Waals surface area contributed by atoms with E-state index in [1.165, 1.54) is 0 Å². The minimum atomic E-state index is 0.171. The van der Waals surface area contributed by atoms with Gasteiger partial charge in [-0.15, -0.1) is 0 Å². The molecule has 0 fully saturated rings. The third kappa shape index (κ3) is 0.986. The largest absolute Gasteiger partial charge is 0.501 e. The Labute approximate surface area is 71.9 Å². The molecule has 0 heterocycles. The van der Waals surface area contributed by atoms with Gasteiger partial charge in [-0.1, -0.05) is 12.2 Å². The maximum Gasteiger partial charge on any atom is 0.163 e. The Bertz CT molecular complexity index is 263. The summed E-state index contributed by atoms with van der Waals surface area (Å²) >= 11 is 0. The van der Waals surface area contributed by atoms with Crippen molar-refractivity contribution < 1.29 is 9.53 Å². The molecule has 2 heteroatoms. The van der Waals surface area contributed by atoms with Crippen LogP contribution in [0.1, 0.15) is 12.8 Å². The predicted octanol–water partition coefficient (Wildman–Crippen LogP) is 1.68. The lowest BCUT2D eigenvalue weighted by atomic mass is 9.84. The number of allylic oxidation sites excluding steroid dienone is 4. The molecule has 0 aliphatic heterocycles. The SMILES string of the molecule is COC1=CC(=O)C2CC=CCC12. The molecular formula is C10H12O2. The van der Waals surface area contributed by atoms with Gasteiger partial charge in [-0.2, -0.15) is 0 Å². The van der Waals surface area contributed by atoms with E-state index < -0.39 is 0 Å². The van der Waals surface area contributed by atoms with Crippen LogP contribution in [-0.2, 0) is 9.53 Å². The molecule has 2 rings (SSSR count). The molecule has 0 N–H and O–H groups in total. The summed E-state index contributed by atoms with van der Waals surface area (Å²) in [5.74, 6) is 1.60. The first-order chi connectivity index (χ1) is 5.83. The molecular weight excluding hydrogens is 152 g/mol. The summed E-state index contributed by atoms with van der Waals surface area (Å²) in [5.41, 5.74) is 0. The number of ketones is 1. The van der Waals surface area contributed by atoms with E-state index in [0.29, 0.717) is 5.92 Å². The Morgan fingerprint density at radius 2 is 2.00 bits per heavy atom. The average Bonchev–Trinajstić information content (AvgIpc) is 2.44. The second kappa shape index (κ2) is 2.77. The highest BCUT2D eigenvalue weighted by atomic mass is 16.5. The van der Waals surface area contributed by atoms with E-state index in [0.717, 1.165) is 18.6 Å². The topological polar surface area (TPSA) is 26.3 Å². The number of ether oxygens (including phenoxy) is 1. The van der Waals surface area contributed by atoms with Gasteiger partial charge in [-0.25, -0.2) is 0 Å². The quantitative estimate of drug-likeness (QED) is 0.551. The van der Waals surface area contributed by atoms with Gasteiger partial charge in [-0.3, -0.25) is 4.79 Å². The molecule has 0 saturated heterocycles. The normalized spacial score (nSPS) is 33.1. The second-order valence-corrected chi connectivity index (χ2v) is 3.31. The third-order valence-electron chi connectivity index (χ3n) is 2.68. The van der Waals surface area contributed by atoms with E-state index in [1.54, 1.807) is 13.2 Å². The molecule has 0 aromatic heterocycles. The van der Waals surface area contributed by atoms with Crippen LogP contribution >= 0.6 is 0 Å². The zero-order valence-corrected chi connectivity index (χ0v) is 7.12. The Hall–Kier alpha value is -1.05. The van der Waals surface area contributed by atoms with Crippen LogP contribution in [0.3, 0.4) is 0 Å². The maximum atomic E-state index is 11.4. The lowest BCUT2D eigenvalue weighted by Crippen LogP contribution is -2.19. The number of hydrogen-bond donors (Lipinski definition) is 0. The van der Waals surface area contributed by atoms with Crippen LogP contribution in [0.15, 0.2) is 24.0 Å². The van der Waals surface area contributed by atoms with Gasteiger partial charge in [0.05, 0.1) is 7.11 Å². The summed E-state index contributed by atoms with van der Waals surface area (Å²) in [7, 11) is 1.64. The van der Waals surface area contributed by atoms with Gasteiger partial charge < -0.3 is 4.74 Å². The summed E-state index contributed by atoms with van der Waals surface area (Å²) in [5, 5.41) is 0. The molecule has 12 heavy (non-hydrogen) atoms. The van der Waals surface area contributed by atoms with Crippen LogP contribution in [0.4, 0.5) is 0 Å². The molecule has 0 aromatic carbocycles. The summed E-state index contributed by atoms with van der Waals surface area (Å²) in [6.07, 6.45) is 7.71. The van der Waals surface area contributed by atoms with E-state index in [9.17, 15) is 4.79 Å². The number of fused-ring (bicyclic) bond motifs is 1. The third-order valence-corrected chi connectivity index (χ3v) is 2.68. The maximum absolute atomic E-state index is 11.4. The highest BCUT2D eigenvalue weighted by molar-refractivity contribution is 5.95. The van der Waals surface area contributed by atoms with Crippen molar-refractivity contribution in [3.63, 3.8) is 0 Å². The van der Waals surface area contributed by atoms with Crippen LogP contribution in [0.25, 0.3) is 0 Å². The van der Waals surface area contributed by atoms with Crippen LogP contribution in [0.5, 0.6) is 0 Å². The Kier molecular flexibility index (Phi) is 1.75. The van der Waals surface area contributed by atoms with Crippen molar-refractivity contribution in [3.8, 4) is 0 Å². The van der Waals surface area contributed by atoms with Crippen molar-refractivity contribution >= 4 is 5.78 Å². The monoisotopic (exact) mass is 164 g/mol. The lowest BCUT2D eigenvalue weighted by molar-refractivity contribution is -0.118. The first-order valence-corrected chi connectivity index (χ1v) is 4.27. The predicted molar refractivity (Wildman–Crippen MR) is 45.5 cm³/mol. The Balaban J connectivity index is 2.25. The minimum absolute atomic E-state index is 0.171. The van der Waals surface area contributed by atoms with E-state index >= 15 is 0 Å². The summed E-state index contributed by atoms with van der Waals surface area (Å²) in [6, 6.07) is 0. The molecule has 2 unspecified atom stereocenters. The molecule has 0 amide bonds. The molecule has 2 aliphatic rings.